The molecule has 0 bridgehead atoms. The zero-order chi connectivity index (χ0) is 15.1. The molecule has 114 valence electrons. The lowest BCUT2D eigenvalue weighted by Crippen LogP contribution is -2.30. The zero-order valence-corrected chi connectivity index (χ0v) is 12.1. The van der Waals surface area contributed by atoms with Gasteiger partial charge in [0, 0.05) is 18.2 Å². The number of benzene rings is 1. The van der Waals surface area contributed by atoms with Crippen molar-refractivity contribution < 1.29 is 18.6 Å². The Labute approximate surface area is 119 Å². The normalized spacial score (nSPS) is 14.6. The van der Waals surface area contributed by atoms with Gasteiger partial charge in [0.1, 0.15) is 5.75 Å². The lowest BCUT2D eigenvalue weighted by atomic mass is 10.0. The lowest BCUT2D eigenvalue weighted by Gasteiger charge is -2.20. The predicted molar refractivity (Wildman–Crippen MR) is 75.0 cm³/mol. The fraction of sp³-hybridized carbons (Fsp3) is 0.600. The SMILES string of the molecule is CC(C)CC(O)CNC(C)c1ccccc1OC(F)F. The predicted octanol–water partition coefficient (Wildman–Crippen LogP) is 3.35. The van der Waals surface area contributed by atoms with Crippen LogP contribution in [0, 0.1) is 5.92 Å². The summed E-state index contributed by atoms with van der Waals surface area (Å²) in [6, 6.07) is 6.51. The minimum Gasteiger partial charge on any atom is -0.434 e. The van der Waals surface area contributed by atoms with Crippen LogP contribution in [-0.4, -0.2) is 24.4 Å². The van der Waals surface area contributed by atoms with Crippen LogP contribution in [0.25, 0.3) is 0 Å². The molecular weight excluding hydrogens is 264 g/mol. The molecule has 2 unspecified atom stereocenters. The number of aliphatic hydroxyl groups is 1. The maximum atomic E-state index is 12.3. The van der Waals surface area contributed by atoms with E-state index in [4.69, 9.17) is 0 Å². The monoisotopic (exact) mass is 287 g/mol. The Morgan fingerprint density at radius 2 is 1.85 bits per heavy atom. The Morgan fingerprint density at radius 3 is 2.45 bits per heavy atom. The van der Waals surface area contributed by atoms with Crippen LogP contribution in [-0.2, 0) is 0 Å². The Bertz CT molecular complexity index is 399. The third-order valence-electron chi connectivity index (χ3n) is 3.00. The molecule has 2 N–H and O–H groups in total. The summed E-state index contributed by atoms with van der Waals surface area (Å²) in [6.07, 6.45) is 0.259. The number of hydrogen-bond donors (Lipinski definition) is 2. The first-order valence-electron chi connectivity index (χ1n) is 6.85. The molecule has 0 saturated carbocycles. The molecule has 20 heavy (non-hydrogen) atoms. The maximum absolute atomic E-state index is 12.3. The van der Waals surface area contributed by atoms with Crippen molar-refractivity contribution in [3.05, 3.63) is 29.8 Å². The van der Waals surface area contributed by atoms with Crippen molar-refractivity contribution in [2.45, 2.75) is 45.9 Å². The Balaban J connectivity index is 2.60. The van der Waals surface area contributed by atoms with Gasteiger partial charge in [-0.1, -0.05) is 32.0 Å². The molecule has 2 atom stereocenters. The highest BCUT2D eigenvalue weighted by Crippen LogP contribution is 2.26. The Hall–Kier alpha value is -1.20. The van der Waals surface area contributed by atoms with E-state index in [2.05, 4.69) is 10.1 Å². The van der Waals surface area contributed by atoms with Crippen molar-refractivity contribution in [2.24, 2.45) is 5.92 Å². The number of ether oxygens (including phenoxy) is 1. The third kappa shape index (κ3) is 5.84. The number of nitrogens with one attached hydrogen (secondary N) is 1. The molecule has 0 aliphatic carbocycles. The molecule has 0 heterocycles. The molecule has 0 aliphatic rings. The van der Waals surface area contributed by atoms with Crippen molar-refractivity contribution in [1.29, 1.82) is 0 Å². The Kier molecular flexibility index (Phi) is 6.88. The molecule has 5 heteroatoms. The van der Waals surface area contributed by atoms with E-state index in [0.29, 0.717) is 24.4 Å². The van der Waals surface area contributed by atoms with Crippen molar-refractivity contribution in [3.8, 4) is 5.75 Å². The van der Waals surface area contributed by atoms with Gasteiger partial charge in [0.15, 0.2) is 0 Å². The van der Waals surface area contributed by atoms with Gasteiger partial charge < -0.3 is 15.2 Å². The first-order chi connectivity index (χ1) is 9.40. The van der Waals surface area contributed by atoms with Crippen molar-refractivity contribution in [1.82, 2.24) is 5.32 Å². The fourth-order valence-electron chi connectivity index (χ4n) is 2.09. The summed E-state index contributed by atoms with van der Waals surface area (Å²) in [7, 11) is 0. The maximum Gasteiger partial charge on any atom is 0.387 e. The number of alkyl halides is 2. The summed E-state index contributed by atoms with van der Waals surface area (Å²) >= 11 is 0. The molecule has 0 fully saturated rings. The van der Waals surface area contributed by atoms with E-state index in [1.165, 1.54) is 6.07 Å². The van der Waals surface area contributed by atoms with Gasteiger partial charge in [-0.3, -0.25) is 0 Å². The lowest BCUT2D eigenvalue weighted by molar-refractivity contribution is -0.0507. The molecule has 0 aliphatic heterocycles. The van der Waals surface area contributed by atoms with Crippen molar-refractivity contribution >= 4 is 0 Å². The zero-order valence-electron chi connectivity index (χ0n) is 12.1. The molecule has 0 saturated heterocycles. The van der Waals surface area contributed by atoms with E-state index in [0.717, 1.165) is 0 Å². The molecule has 0 aromatic heterocycles. The number of para-hydroxylation sites is 1. The fourth-order valence-corrected chi connectivity index (χ4v) is 2.09. The number of halogens is 2. The average Bonchev–Trinajstić information content (AvgIpc) is 2.35. The van der Waals surface area contributed by atoms with Gasteiger partial charge in [-0.15, -0.1) is 0 Å². The second-order valence-corrected chi connectivity index (χ2v) is 5.33. The molecule has 0 radical (unpaired) electrons. The standard InChI is InChI=1S/C15H23F2NO2/c1-10(2)8-12(19)9-18-11(3)13-6-4-5-7-14(13)20-15(16)17/h4-7,10-12,15,18-19H,8-9H2,1-3H3. The number of aliphatic hydroxyl groups excluding tert-OH is 1. The van der Waals surface area contributed by atoms with E-state index in [1.54, 1.807) is 18.2 Å². The molecule has 0 spiro atoms. The van der Waals surface area contributed by atoms with Crippen LogP contribution in [0.4, 0.5) is 8.78 Å². The van der Waals surface area contributed by atoms with E-state index < -0.39 is 12.7 Å². The summed E-state index contributed by atoms with van der Waals surface area (Å²) in [6.45, 7) is 3.52. The molecule has 0 amide bonds. The summed E-state index contributed by atoms with van der Waals surface area (Å²) in [5.74, 6) is 0.581. The largest absolute Gasteiger partial charge is 0.434 e. The van der Waals surface area contributed by atoms with E-state index >= 15 is 0 Å². The molecule has 1 aromatic carbocycles. The minimum atomic E-state index is -2.84. The van der Waals surface area contributed by atoms with Gasteiger partial charge in [0.2, 0.25) is 0 Å². The van der Waals surface area contributed by atoms with Crippen molar-refractivity contribution in [3.63, 3.8) is 0 Å². The van der Waals surface area contributed by atoms with Gasteiger partial charge >= 0.3 is 6.61 Å². The molecule has 3 nitrogen and oxygen atoms in total. The number of rotatable bonds is 8. The second-order valence-electron chi connectivity index (χ2n) is 5.33. The summed E-state index contributed by atoms with van der Waals surface area (Å²) in [5, 5.41) is 13.0. The van der Waals surface area contributed by atoms with Crippen LogP contribution >= 0.6 is 0 Å². The molecule has 1 aromatic rings. The van der Waals surface area contributed by atoms with Crippen molar-refractivity contribution in [2.75, 3.05) is 6.54 Å². The van der Waals surface area contributed by atoms with E-state index in [9.17, 15) is 13.9 Å². The minimum absolute atomic E-state index is 0.167. The van der Waals surface area contributed by atoms with Gasteiger partial charge in [-0.25, -0.2) is 0 Å². The molecule has 1 rings (SSSR count). The Morgan fingerprint density at radius 1 is 1.20 bits per heavy atom. The van der Waals surface area contributed by atoms with Gasteiger partial charge in [0.05, 0.1) is 6.10 Å². The quantitative estimate of drug-likeness (QED) is 0.770. The van der Waals surface area contributed by atoms with E-state index in [1.807, 2.05) is 20.8 Å². The van der Waals surface area contributed by atoms with Crippen LogP contribution in [0.3, 0.4) is 0 Å². The highest BCUT2D eigenvalue weighted by atomic mass is 19.3. The van der Waals surface area contributed by atoms with Gasteiger partial charge in [0.25, 0.3) is 0 Å². The van der Waals surface area contributed by atoms with Gasteiger partial charge in [-0.05, 0) is 25.3 Å². The van der Waals surface area contributed by atoms with Crippen LogP contribution in [0.15, 0.2) is 24.3 Å². The first-order valence-corrected chi connectivity index (χ1v) is 6.85. The smallest absolute Gasteiger partial charge is 0.387 e. The summed E-state index contributed by atoms with van der Waals surface area (Å²) in [4.78, 5) is 0. The van der Waals surface area contributed by atoms with Gasteiger partial charge in [-0.2, -0.15) is 8.78 Å². The highest BCUT2D eigenvalue weighted by molar-refractivity contribution is 5.35. The first kappa shape index (κ1) is 16.9. The molecular formula is C15H23F2NO2. The number of hydrogen-bond acceptors (Lipinski definition) is 3. The van der Waals surface area contributed by atoms with Crippen LogP contribution in [0.2, 0.25) is 0 Å². The highest BCUT2D eigenvalue weighted by Gasteiger charge is 2.15. The van der Waals surface area contributed by atoms with Crippen LogP contribution in [0.1, 0.15) is 38.8 Å². The third-order valence-corrected chi connectivity index (χ3v) is 3.00. The average molecular weight is 287 g/mol. The second kappa shape index (κ2) is 8.17. The summed E-state index contributed by atoms with van der Waals surface area (Å²) < 4.78 is 29.2. The van der Waals surface area contributed by atoms with Crippen LogP contribution in [0.5, 0.6) is 5.75 Å². The summed E-state index contributed by atoms with van der Waals surface area (Å²) in [5.41, 5.74) is 0.657. The van der Waals surface area contributed by atoms with E-state index in [-0.39, 0.29) is 11.8 Å². The topological polar surface area (TPSA) is 41.5 Å². The van der Waals surface area contributed by atoms with Crippen LogP contribution < -0.4 is 10.1 Å².